The number of nitrogens with one attached hydrogen (secondary N) is 1. The number of nitriles is 1. The number of rotatable bonds is 4. The van der Waals surface area contributed by atoms with Gasteiger partial charge >= 0.3 is 0 Å². The zero-order chi connectivity index (χ0) is 13.1. The third-order valence-corrected chi connectivity index (χ3v) is 3.46. The Morgan fingerprint density at radius 1 is 1.59 bits per heavy atom. The van der Waals surface area contributed by atoms with Crippen molar-refractivity contribution in [1.82, 2.24) is 9.97 Å². The molecular formula is C8H9ClN4O3S. The third kappa shape index (κ3) is 3.44. The number of halogens is 1. The van der Waals surface area contributed by atoms with Gasteiger partial charge in [0.25, 0.3) is 10.0 Å². The second-order valence-electron chi connectivity index (χ2n) is 2.98. The van der Waals surface area contributed by atoms with E-state index in [2.05, 4.69) is 9.97 Å². The zero-order valence-corrected chi connectivity index (χ0v) is 10.6. The van der Waals surface area contributed by atoms with Crippen LogP contribution in [0.5, 0.6) is 5.88 Å². The average molecular weight is 277 g/mol. The lowest BCUT2D eigenvalue weighted by atomic mass is 10.5. The van der Waals surface area contributed by atoms with Gasteiger partial charge < -0.3 is 4.74 Å². The third-order valence-electron chi connectivity index (χ3n) is 1.76. The Bertz CT molecular complexity index is 554. The fourth-order valence-electron chi connectivity index (χ4n) is 0.832. The molecule has 1 N–H and O–H groups in total. The molecule has 1 unspecified atom stereocenters. The molecule has 0 fully saturated rings. The molecule has 9 heteroatoms. The van der Waals surface area contributed by atoms with Crippen LogP contribution < -0.4 is 9.46 Å². The molecule has 0 radical (unpaired) electrons. The molecule has 0 saturated carbocycles. The lowest BCUT2D eigenvalue weighted by Gasteiger charge is -2.08. The molecule has 1 aromatic heterocycles. The Kier molecular flexibility index (Phi) is 4.09. The summed E-state index contributed by atoms with van der Waals surface area (Å²) in [5.41, 5.74) is 0. The van der Waals surface area contributed by atoms with Crippen LogP contribution >= 0.6 is 11.6 Å². The maximum absolute atomic E-state index is 11.5. The van der Waals surface area contributed by atoms with Crippen LogP contribution in [-0.2, 0) is 10.0 Å². The normalized spacial score (nSPS) is 12.6. The zero-order valence-electron chi connectivity index (χ0n) is 9.01. The van der Waals surface area contributed by atoms with Crippen LogP contribution in [0.4, 0.5) is 5.95 Å². The topological polar surface area (TPSA) is 105 Å². The molecule has 1 heterocycles. The van der Waals surface area contributed by atoms with Gasteiger partial charge in [-0.3, -0.25) is 0 Å². The molecule has 1 aromatic rings. The molecule has 0 aliphatic rings. The van der Waals surface area contributed by atoms with Gasteiger partial charge in [-0.1, -0.05) is 11.6 Å². The minimum absolute atomic E-state index is 0.0270. The smallest absolute Gasteiger partial charge is 0.251 e. The van der Waals surface area contributed by atoms with E-state index in [0.717, 1.165) is 0 Å². The van der Waals surface area contributed by atoms with Crippen molar-refractivity contribution in [2.24, 2.45) is 0 Å². The lowest BCUT2D eigenvalue weighted by Crippen LogP contribution is -2.25. The van der Waals surface area contributed by atoms with Gasteiger partial charge in [0.05, 0.1) is 13.2 Å². The monoisotopic (exact) mass is 276 g/mol. The number of hydrogen-bond acceptors (Lipinski definition) is 6. The summed E-state index contributed by atoms with van der Waals surface area (Å²) >= 11 is 5.64. The average Bonchev–Trinajstić information content (AvgIpc) is 2.26. The Balaban J connectivity index is 3.04. The number of ether oxygens (including phenoxy) is 1. The van der Waals surface area contributed by atoms with E-state index >= 15 is 0 Å². The molecule has 17 heavy (non-hydrogen) atoms. The molecule has 0 amide bonds. The summed E-state index contributed by atoms with van der Waals surface area (Å²) in [7, 11) is -2.50. The van der Waals surface area contributed by atoms with Crippen LogP contribution in [0.25, 0.3) is 0 Å². The van der Waals surface area contributed by atoms with Crippen molar-refractivity contribution in [3.8, 4) is 11.9 Å². The molecule has 0 aliphatic carbocycles. The van der Waals surface area contributed by atoms with Gasteiger partial charge in [0.2, 0.25) is 11.8 Å². The largest absolute Gasteiger partial charge is 0.481 e. The lowest BCUT2D eigenvalue weighted by molar-refractivity contribution is 0.397. The van der Waals surface area contributed by atoms with Gasteiger partial charge in [-0.05, 0) is 6.92 Å². The summed E-state index contributed by atoms with van der Waals surface area (Å²) in [6.45, 7) is 1.24. The van der Waals surface area contributed by atoms with Gasteiger partial charge in [0.1, 0.15) is 5.15 Å². The molecule has 0 saturated heterocycles. The molecular weight excluding hydrogens is 268 g/mol. The van der Waals surface area contributed by atoms with Gasteiger partial charge in [-0.25, -0.2) is 18.1 Å². The summed E-state index contributed by atoms with van der Waals surface area (Å²) in [5, 5.41) is 7.34. The summed E-state index contributed by atoms with van der Waals surface area (Å²) < 4.78 is 29.9. The van der Waals surface area contributed by atoms with Crippen molar-refractivity contribution in [2.45, 2.75) is 12.2 Å². The van der Waals surface area contributed by atoms with Crippen LogP contribution in [0.15, 0.2) is 6.07 Å². The van der Waals surface area contributed by atoms with Crippen LogP contribution in [0.2, 0.25) is 5.15 Å². The molecule has 0 aliphatic heterocycles. The number of aromatic nitrogens is 2. The Morgan fingerprint density at radius 2 is 2.24 bits per heavy atom. The van der Waals surface area contributed by atoms with Crippen molar-refractivity contribution in [3.63, 3.8) is 0 Å². The summed E-state index contributed by atoms with van der Waals surface area (Å²) in [4.78, 5) is 7.39. The van der Waals surface area contributed by atoms with Crippen LogP contribution in [0.1, 0.15) is 6.92 Å². The molecule has 1 atom stereocenters. The van der Waals surface area contributed by atoms with Crippen LogP contribution in [0, 0.1) is 11.3 Å². The van der Waals surface area contributed by atoms with Crippen LogP contribution in [0.3, 0.4) is 0 Å². The van der Waals surface area contributed by atoms with E-state index in [9.17, 15) is 8.42 Å². The minimum Gasteiger partial charge on any atom is -0.481 e. The van der Waals surface area contributed by atoms with Crippen molar-refractivity contribution in [3.05, 3.63) is 11.2 Å². The number of hydrogen-bond donors (Lipinski definition) is 1. The predicted octanol–water partition coefficient (Wildman–Crippen LogP) is 0.792. The van der Waals surface area contributed by atoms with Gasteiger partial charge in [-0.2, -0.15) is 10.2 Å². The van der Waals surface area contributed by atoms with Crippen molar-refractivity contribution >= 4 is 27.6 Å². The van der Waals surface area contributed by atoms with E-state index in [-0.39, 0.29) is 17.0 Å². The van der Waals surface area contributed by atoms with E-state index < -0.39 is 15.3 Å². The first-order valence-corrected chi connectivity index (χ1v) is 6.31. The first kappa shape index (κ1) is 13.5. The highest BCUT2D eigenvalue weighted by atomic mass is 35.5. The molecule has 7 nitrogen and oxygen atoms in total. The number of nitrogens with zero attached hydrogens (tertiary/aromatic N) is 3. The standard InChI is InChI=1S/C8H9ClN4O3S/c1-5(4-10)17(14,15)13-8-11-6(9)3-7(12-8)16-2/h3,5H,1-2H3,(H,11,12,13). The van der Waals surface area contributed by atoms with Gasteiger partial charge in [-0.15, -0.1) is 0 Å². The molecule has 0 aromatic carbocycles. The minimum atomic E-state index is -3.86. The first-order chi connectivity index (χ1) is 7.89. The number of sulfonamides is 1. The van der Waals surface area contributed by atoms with Crippen molar-refractivity contribution < 1.29 is 13.2 Å². The van der Waals surface area contributed by atoms with E-state index in [1.54, 1.807) is 6.07 Å². The van der Waals surface area contributed by atoms with Gasteiger partial charge in [0, 0.05) is 6.07 Å². The Labute approximate surface area is 103 Å². The quantitative estimate of drug-likeness (QED) is 0.815. The highest BCUT2D eigenvalue weighted by molar-refractivity contribution is 7.93. The Morgan fingerprint density at radius 3 is 2.76 bits per heavy atom. The van der Waals surface area contributed by atoms with Gasteiger partial charge in [0.15, 0.2) is 5.25 Å². The summed E-state index contributed by atoms with van der Waals surface area (Å²) in [5.74, 6) is -0.122. The second-order valence-corrected chi connectivity index (χ2v) is 5.36. The maximum atomic E-state index is 11.5. The molecule has 92 valence electrons. The van der Waals surface area contributed by atoms with Crippen molar-refractivity contribution in [1.29, 1.82) is 5.26 Å². The SMILES string of the molecule is COc1cc(Cl)nc(NS(=O)(=O)C(C)C#N)n1. The van der Waals surface area contributed by atoms with E-state index in [0.29, 0.717) is 0 Å². The Hall–Kier alpha value is -1.59. The summed E-state index contributed by atoms with van der Waals surface area (Å²) in [6.07, 6.45) is 0. The highest BCUT2D eigenvalue weighted by Crippen LogP contribution is 2.17. The molecule has 1 rings (SSSR count). The predicted molar refractivity (Wildman–Crippen MR) is 61.2 cm³/mol. The number of anilines is 1. The first-order valence-electron chi connectivity index (χ1n) is 4.39. The van der Waals surface area contributed by atoms with E-state index in [4.69, 9.17) is 21.6 Å². The maximum Gasteiger partial charge on any atom is 0.251 e. The fraction of sp³-hybridized carbons (Fsp3) is 0.375. The number of methoxy groups -OCH3 is 1. The molecule has 0 spiro atoms. The highest BCUT2D eigenvalue weighted by Gasteiger charge is 2.21. The van der Waals surface area contributed by atoms with Crippen LogP contribution in [-0.4, -0.2) is 30.7 Å². The second kappa shape index (κ2) is 5.16. The fourth-order valence-corrected chi connectivity index (χ4v) is 1.67. The molecule has 0 bridgehead atoms. The van der Waals surface area contributed by atoms with E-state index in [1.165, 1.54) is 20.1 Å². The van der Waals surface area contributed by atoms with Crippen molar-refractivity contribution in [2.75, 3.05) is 11.8 Å². The summed E-state index contributed by atoms with van der Waals surface area (Å²) in [6, 6.07) is 2.92. The van der Waals surface area contributed by atoms with E-state index in [1.807, 2.05) is 4.72 Å².